The van der Waals surface area contributed by atoms with E-state index < -0.39 is 0 Å². The molecule has 1 aromatic heterocycles. The molecule has 0 saturated heterocycles. The lowest BCUT2D eigenvalue weighted by molar-refractivity contribution is -0.114. The SMILES string of the molecule is CC(=O)Nc1ccc(NC(=O)c2cc3c(s2)CCCCC3)cc1. The van der Waals surface area contributed by atoms with Gasteiger partial charge in [0.15, 0.2) is 0 Å². The Morgan fingerprint density at radius 3 is 2.30 bits per heavy atom. The topological polar surface area (TPSA) is 58.2 Å². The standard InChI is InChI=1S/C18H20N2O2S/c1-12(21)19-14-7-9-15(10-8-14)20-18(22)17-11-13-5-3-2-4-6-16(13)23-17/h7-11H,2-6H2,1H3,(H,19,21)(H,20,22). The molecule has 120 valence electrons. The molecule has 1 aromatic carbocycles. The van der Waals surface area contributed by atoms with E-state index in [4.69, 9.17) is 0 Å². The van der Waals surface area contributed by atoms with Crippen LogP contribution in [-0.4, -0.2) is 11.8 Å². The van der Waals surface area contributed by atoms with Crippen molar-refractivity contribution in [3.63, 3.8) is 0 Å². The van der Waals surface area contributed by atoms with Gasteiger partial charge in [-0.15, -0.1) is 11.3 Å². The normalized spacial score (nSPS) is 13.8. The lowest BCUT2D eigenvalue weighted by Crippen LogP contribution is -2.10. The first-order valence-electron chi connectivity index (χ1n) is 7.92. The van der Waals surface area contributed by atoms with Crippen LogP contribution in [0.2, 0.25) is 0 Å². The Bertz CT molecular complexity index is 696. The second-order valence-electron chi connectivity index (χ2n) is 5.83. The van der Waals surface area contributed by atoms with Crippen LogP contribution in [0.15, 0.2) is 30.3 Å². The van der Waals surface area contributed by atoms with Crippen LogP contribution in [0.1, 0.15) is 46.3 Å². The molecule has 1 aliphatic rings. The van der Waals surface area contributed by atoms with Crippen molar-refractivity contribution in [2.75, 3.05) is 10.6 Å². The van der Waals surface area contributed by atoms with Crippen molar-refractivity contribution < 1.29 is 9.59 Å². The number of nitrogens with one attached hydrogen (secondary N) is 2. The van der Waals surface area contributed by atoms with Crippen molar-refractivity contribution in [1.82, 2.24) is 0 Å². The summed E-state index contributed by atoms with van der Waals surface area (Å²) in [5.41, 5.74) is 2.80. The van der Waals surface area contributed by atoms with Gasteiger partial charge in [0, 0.05) is 23.2 Å². The number of hydrogen-bond acceptors (Lipinski definition) is 3. The van der Waals surface area contributed by atoms with E-state index in [0.29, 0.717) is 0 Å². The van der Waals surface area contributed by atoms with Crippen LogP contribution < -0.4 is 10.6 Å². The second-order valence-corrected chi connectivity index (χ2v) is 6.97. The van der Waals surface area contributed by atoms with Crippen LogP contribution in [0.3, 0.4) is 0 Å². The van der Waals surface area contributed by atoms with Crippen LogP contribution in [0.25, 0.3) is 0 Å². The molecule has 0 atom stereocenters. The van der Waals surface area contributed by atoms with Gasteiger partial charge in [0.2, 0.25) is 5.91 Å². The van der Waals surface area contributed by atoms with Gasteiger partial charge in [-0.25, -0.2) is 0 Å². The van der Waals surface area contributed by atoms with Crippen LogP contribution in [0, 0.1) is 0 Å². The summed E-state index contributed by atoms with van der Waals surface area (Å²) < 4.78 is 0. The molecule has 0 bridgehead atoms. The Balaban J connectivity index is 1.68. The van der Waals surface area contributed by atoms with E-state index in [9.17, 15) is 9.59 Å². The molecule has 0 aliphatic heterocycles. The fourth-order valence-electron chi connectivity index (χ4n) is 2.81. The minimum Gasteiger partial charge on any atom is -0.326 e. The molecule has 5 heteroatoms. The molecule has 2 N–H and O–H groups in total. The van der Waals surface area contributed by atoms with Gasteiger partial charge in [-0.05, 0) is 61.6 Å². The molecule has 0 radical (unpaired) electrons. The van der Waals surface area contributed by atoms with E-state index in [1.165, 1.54) is 36.6 Å². The molecular weight excluding hydrogens is 308 g/mol. The average Bonchev–Trinajstić information content (AvgIpc) is 2.80. The molecule has 0 unspecified atom stereocenters. The van der Waals surface area contributed by atoms with E-state index in [1.54, 1.807) is 35.6 Å². The van der Waals surface area contributed by atoms with E-state index in [0.717, 1.165) is 29.1 Å². The molecule has 2 aromatic rings. The molecule has 3 rings (SSSR count). The molecule has 2 amide bonds. The number of anilines is 2. The Hall–Kier alpha value is -2.14. The number of hydrogen-bond donors (Lipinski definition) is 2. The molecule has 0 spiro atoms. The number of thiophene rings is 1. The van der Waals surface area contributed by atoms with Crippen molar-refractivity contribution in [2.24, 2.45) is 0 Å². The van der Waals surface area contributed by atoms with E-state index >= 15 is 0 Å². The Labute approximate surface area is 139 Å². The lowest BCUT2D eigenvalue weighted by atomic mass is 10.1. The quantitative estimate of drug-likeness (QED) is 0.829. The van der Waals surface area contributed by atoms with E-state index in [-0.39, 0.29) is 11.8 Å². The maximum Gasteiger partial charge on any atom is 0.265 e. The van der Waals surface area contributed by atoms with Crippen molar-refractivity contribution in [3.05, 3.63) is 45.6 Å². The maximum absolute atomic E-state index is 12.4. The molecular formula is C18H20N2O2S. The van der Waals surface area contributed by atoms with Gasteiger partial charge in [0.1, 0.15) is 0 Å². The van der Waals surface area contributed by atoms with Gasteiger partial charge < -0.3 is 10.6 Å². The third-order valence-corrected chi connectivity index (χ3v) is 5.17. The zero-order chi connectivity index (χ0) is 16.2. The summed E-state index contributed by atoms with van der Waals surface area (Å²) in [5, 5.41) is 5.63. The number of carbonyl (C=O) groups is 2. The fraction of sp³-hybridized carbons (Fsp3) is 0.333. The summed E-state index contributed by atoms with van der Waals surface area (Å²) in [6.07, 6.45) is 5.90. The summed E-state index contributed by atoms with van der Waals surface area (Å²) in [6.45, 7) is 1.47. The minimum absolute atomic E-state index is 0.0599. The van der Waals surface area contributed by atoms with Crippen LogP contribution in [0.4, 0.5) is 11.4 Å². The molecule has 0 fully saturated rings. The zero-order valence-electron chi connectivity index (χ0n) is 13.1. The van der Waals surface area contributed by atoms with Gasteiger partial charge in [-0.2, -0.15) is 0 Å². The largest absolute Gasteiger partial charge is 0.326 e. The van der Waals surface area contributed by atoms with Crippen LogP contribution in [0.5, 0.6) is 0 Å². The van der Waals surface area contributed by atoms with Crippen LogP contribution >= 0.6 is 11.3 Å². The maximum atomic E-state index is 12.4. The Kier molecular flexibility index (Phi) is 4.76. The third-order valence-electron chi connectivity index (χ3n) is 3.93. The lowest BCUT2D eigenvalue weighted by Gasteiger charge is -2.06. The minimum atomic E-state index is -0.109. The van der Waals surface area contributed by atoms with Gasteiger partial charge in [-0.3, -0.25) is 9.59 Å². The summed E-state index contributed by atoms with van der Waals surface area (Å²) >= 11 is 1.62. The average molecular weight is 328 g/mol. The third kappa shape index (κ3) is 3.99. The first kappa shape index (κ1) is 15.7. The number of carbonyl (C=O) groups excluding carboxylic acids is 2. The molecule has 0 saturated carbocycles. The summed E-state index contributed by atoms with van der Waals surface area (Å²) in [5.74, 6) is -0.169. The van der Waals surface area contributed by atoms with Gasteiger partial charge in [0.05, 0.1) is 4.88 Å². The summed E-state index contributed by atoms with van der Waals surface area (Å²) in [7, 11) is 0. The highest BCUT2D eigenvalue weighted by Gasteiger charge is 2.16. The highest BCUT2D eigenvalue weighted by atomic mass is 32.1. The predicted octanol–water partition coefficient (Wildman–Crippen LogP) is 4.23. The van der Waals surface area contributed by atoms with E-state index in [2.05, 4.69) is 10.6 Å². The highest BCUT2D eigenvalue weighted by molar-refractivity contribution is 7.14. The van der Waals surface area contributed by atoms with Crippen molar-refractivity contribution in [1.29, 1.82) is 0 Å². The predicted molar refractivity (Wildman–Crippen MR) is 94.3 cm³/mol. The Morgan fingerprint density at radius 2 is 1.61 bits per heavy atom. The summed E-state index contributed by atoms with van der Waals surface area (Å²) in [4.78, 5) is 25.6. The summed E-state index contributed by atoms with van der Waals surface area (Å²) in [6, 6.07) is 9.19. The van der Waals surface area contributed by atoms with Gasteiger partial charge in [-0.1, -0.05) is 6.42 Å². The van der Waals surface area contributed by atoms with Gasteiger partial charge >= 0.3 is 0 Å². The molecule has 1 aliphatic carbocycles. The number of benzene rings is 1. The number of amides is 2. The fourth-order valence-corrected chi connectivity index (χ4v) is 3.96. The second kappa shape index (κ2) is 6.96. The first-order valence-corrected chi connectivity index (χ1v) is 8.74. The van der Waals surface area contributed by atoms with Crippen molar-refractivity contribution in [3.8, 4) is 0 Å². The number of aryl methyl sites for hydroxylation is 2. The zero-order valence-corrected chi connectivity index (χ0v) is 14.0. The molecule has 23 heavy (non-hydrogen) atoms. The number of rotatable bonds is 3. The molecule has 4 nitrogen and oxygen atoms in total. The highest BCUT2D eigenvalue weighted by Crippen LogP contribution is 2.29. The monoisotopic (exact) mass is 328 g/mol. The number of fused-ring (bicyclic) bond motifs is 1. The smallest absolute Gasteiger partial charge is 0.265 e. The van der Waals surface area contributed by atoms with Crippen molar-refractivity contribution in [2.45, 2.75) is 39.0 Å². The van der Waals surface area contributed by atoms with Crippen LogP contribution in [-0.2, 0) is 17.6 Å². The first-order chi connectivity index (χ1) is 11.1. The Morgan fingerprint density at radius 1 is 0.957 bits per heavy atom. The van der Waals surface area contributed by atoms with E-state index in [1.807, 2.05) is 6.07 Å². The van der Waals surface area contributed by atoms with Gasteiger partial charge in [0.25, 0.3) is 5.91 Å². The van der Waals surface area contributed by atoms with Crippen molar-refractivity contribution >= 4 is 34.5 Å². The molecule has 1 heterocycles.